The molecular weight excluding hydrogens is 272 g/mol. The van der Waals surface area contributed by atoms with E-state index in [-0.39, 0.29) is 23.4 Å². The molecule has 1 aromatic rings. The summed E-state index contributed by atoms with van der Waals surface area (Å²) in [5.41, 5.74) is -0.250. The molecule has 6 heteroatoms. The van der Waals surface area contributed by atoms with Gasteiger partial charge in [0.25, 0.3) is 11.6 Å². The second-order valence-electron chi connectivity index (χ2n) is 5.52. The molecule has 2 amide bonds. The second kappa shape index (κ2) is 5.17. The molecule has 1 fully saturated rings. The number of amides is 2. The number of nitrogens with one attached hydrogen (secondary N) is 1. The lowest BCUT2D eigenvalue weighted by molar-refractivity contribution is -0.120. The zero-order valence-electron chi connectivity index (χ0n) is 11.4. The lowest BCUT2D eigenvalue weighted by Gasteiger charge is -2.18. The Morgan fingerprint density at radius 3 is 2.71 bits per heavy atom. The van der Waals surface area contributed by atoms with Gasteiger partial charge in [0, 0.05) is 0 Å². The maximum atomic E-state index is 12.0. The number of fused-ring (bicyclic) bond motifs is 1. The van der Waals surface area contributed by atoms with Gasteiger partial charge in [0.1, 0.15) is 5.76 Å². The highest BCUT2D eigenvalue weighted by Gasteiger charge is 2.31. The molecule has 1 saturated carbocycles. The van der Waals surface area contributed by atoms with Crippen molar-refractivity contribution in [1.29, 1.82) is 0 Å². The van der Waals surface area contributed by atoms with E-state index in [1.54, 1.807) is 0 Å². The molecule has 0 aromatic carbocycles. The first-order valence-corrected chi connectivity index (χ1v) is 7.00. The van der Waals surface area contributed by atoms with Crippen molar-refractivity contribution < 1.29 is 14.0 Å². The van der Waals surface area contributed by atoms with Crippen molar-refractivity contribution in [3.05, 3.63) is 38.7 Å². The van der Waals surface area contributed by atoms with Crippen LogP contribution >= 0.6 is 0 Å². The van der Waals surface area contributed by atoms with E-state index >= 15 is 0 Å². The topological polar surface area (TPSA) is 80.7 Å². The summed E-state index contributed by atoms with van der Waals surface area (Å²) in [4.78, 5) is 38.4. The number of carbonyl (C=O) groups excluding carboxylic acids is 2. The van der Waals surface area contributed by atoms with Crippen LogP contribution in [0.2, 0.25) is 0 Å². The van der Waals surface area contributed by atoms with E-state index in [0.29, 0.717) is 12.0 Å². The first-order valence-electron chi connectivity index (χ1n) is 7.00. The fraction of sp³-hybridized carbons (Fsp3) is 0.467. The molecule has 2 aliphatic rings. The predicted octanol–water partition coefficient (Wildman–Crippen LogP) is 1.74. The third-order valence-electron chi connectivity index (χ3n) is 3.92. The van der Waals surface area contributed by atoms with Gasteiger partial charge in [0.15, 0.2) is 0 Å². The maximum absolute atomic E-state index is 12.0. The summed E-state index contributed by atoms with van der Waals surface area (Å²) < 4.78 is 4.99. The third kappa shape index (κ3) is 2.59. The van der Waals surface area contributed by atoms with E-state index in [2.05, 4.69) is 10.2 Å². The van der Waals surface area contributed by atoms with E-state index in [0.717, 1.165) is 18.8 Å². The highest BCUT2D eigenvalue weighted by Crippen LogP contribution is 2.35. The van der Waals surface area contributed by atoms with Crippen LogP contribution in [0.1, 0.15) is 47.4 Å². The first kappa shape index (κ1) is 13.6. The van der Waals surface area contributed by atoms with Crippen molar-refractivity contribution in [2.75, 3.05) is 0 Å². The summed E-state index contributed by atoms with van der Waals surface area (Å²) in [6.07, 6.45) is 4.69. The number of hydrogen-bond acceptors (Lipinski definition) is 4. The van der Waals surface area contributed by atoms with Crippen molar-refractivity contribution in [1.82, 2.24) is 5.32 Å². The third-order valence-corrected chi connectivity index (χ3v) is 3.92. The fourth-order valence-electron chi connectivity index (χ4n) is 2.72. The average molecular weight is 286 g/mol. The highest BCUT2D eigenvalue weighted by molar-refractivity contribution is 6.10. The van der Waals surface area contributed by atoms with Crippen LogP contribution in [0.15, 0.2) is 9.21 Å². The van der Waals surface area contributed by atoms with Crippen LogP contribution in [0.3, 0.4) is 0 Å². The normalized spacial score (nSPS) is 17.1. The standard InChI is InChI=1S/C15H14N2O4/c1-16-13-9(4-2-3-8-5-6-8)12-10(21-15(13)20)7-11(18)17-14(12)19/h8H,2-7H2,(H,17,18,19). The van der Waals surface area contributed by atoms with Gasteiger partial charge in [0.05, 0.1) is 18.6 Å². The van der Waals surface area contributed by atoms with Gasteiger partial charge in [0.2, 0.25) is 5.91 Å². The van der Waals surface area contributed by atoms with Crippen molar-refractivity contribution in [2.24, 2.45) is 5.92 Å². The molecule has 6 nitrogen and oxygen atoms in total. The monoisotopic (exact) mass is 286 g/mol. The van der Waals surface area contributed by atoms with Gasteiger partial charge in [-0.15, -0.1) is 0 Å². The summed E-state index contributed by atoms with van der Waals surface area (Å²) in [5, 5.41) is 2.22. The van der Waals surface area contributed by atoms with Crippen molar-refractivity contribution in [3.63, 3.8) is 0 Å². The minimum atomic E-state index is -0.757. The molecule has 1 aromatic heterocycles. The van der Waals surface area contributed by atoms with Crippen LogP contribution in [0.4, 0.5) is 5.69 Å². The number of carbonyl (C=O) groups is 2. The van der Waals surface area contributed by atoms with Crippen LogP contribution in [-0.2, 0) is 17.6 Å². The smallest absolute Gasteiger partial charge is 0.341 e. The molecule has 1 aliphatic carbocycles. The van der Waals surface area contributed by atoms with Crippen LogP contribution < -0.4 is 10.9 Å². The largest absolute Gasteiger partial charge is 0.435 e. The van der Waals surface area contributed by atoms with Gasteiger partial charge >= 0.3 is 5.63 Å². The predicted molar refractivity (Wildman–Crippen MR) is 73.1 cm³/mol. The number of hydrogen-bond donors (Lipinski definition) is 1. The van der Waals surface area contributed by atoms with Crippen molar-refractivity contribution in [3.8, 4) is 0 Å². The number of nitrogens with zero attached hydrogens (tertiary/aromatic N) is 1. The highest BCUT2D eigenvalue weighted by atomic mass is 16.4. The van der Waals surface area contributed by atoms with Crippen LogP contribution in [0.25, 0.3) is 4.85 Å². The Bertz CT molecular complexity index is 722. The number of rotatable bonds is 4. The molecule has 0 bridgehead atoms. The Balaban J connectivity index is 2.01. The Labute approximate surface area is 121 Å². The molecule has 1 N–H and O–H groups in total. The molecule has 0 saturated heterocycles. The molecular formula is C15H14N2O4. The summed E-state index contributed by atoms with van der Waals surface area (Å²) in [5.74, 6) is -0.234. The summed E-state index contributed by atoms with van der Waals surface area (Å²) in [6.45, 7) is 7.15. The van der Waals surface area contributed by atoms with Gasteiger partial charge < -0.3 is 4.42 Å². The van der Waals surface area contributed by atoms with E-state index in [1.807, 2.05) is 0 Å². The number of imide groups is 1. The van der Waals surface area contributed by atoms with Gasteiger partial charge in [-0.3, -0.25) is 19.7 Å². The summed E-state index contributed by atoms with van der Waals surface area (Å²) >= 11 is 0. The fourth-order valence-corrected chi connectivity index (χ4v) is 2.72. The van der Waals surface area contributed by atoms with Crippen LogP contribution in [0, 0.1) is 12.5 Å². The Morgan fingerprint density at radius 2 is 2.05 bits per heavy atom. The van der Waals surface area contributed by atoms with Gasteiger partial charge in [-0.2, -0.15) is 0 Å². The second-order valence-corrected chi connectivity index (χ2v) is 5.52. The van der Waals surface area contributed by atoms with Gasteiger partial charge in [-0.25, -0.2) is 4.85 Å². The Hall–Kier alpha value is -2.42. The molecule has 1 aliphatic heterocycles. The Morgan fingerprint density at radius 1 is 1.29 bits per heavy atom. The molecule has 3 rings (SSSR count). The molecule has 2 heterocycles. The minimum absolute atomic E-state index is 0.0857. The lowest BCUT2D eigenvalue weighted by Crippen LogP contribution is -2.38. The quantitative estimate of drug-likeness (QED) is 0.675. The Kier molecular flexibility index (Phi) is 3.34. The summed E-state index contributed by atoms with van der Waals surface area (Å²) in [6, 6.07) is 0. The van der Waals surface area contributed by atoms with Crippen LogP contribution in [-0.4, -0.2) is 11.8 Å². The molecule has 0 unspecified atom stereocenters. The molecule has 0 radical (unpaired) electrons. The van der Waals surface area contributed by atoms with Gasteiger partial charge in [-0.1, -0.05) is 25.7 Å². The van der Waals surface area contributed by atoms with Gasteiger partial charge in [-0.05, 0) is 17.9 Å². The van der Waals surface area contributed by atoms with E-state index in [1.165, 1.54) is 12.8 Å². The molecule has 108 valence electrons. The zero-order chi connectivity index (χ0) is 15.0. The van der Waals surface area contributed by atoms with E-state index in [4.69, 9.17) is 11.0 Å². The van der Waals surface area contributed by atoms with Crippen molar-refractivity contribution >= 4 is 17.5 Å². The molecule has 21 heavy (non-hydrogen) atoms. The average Bonchev–Trinajstić information content (AvgIpc) is 3.21. The molecule has 0 spiro atoms. The maximum Gasteiger partial charge on any atom is 0.341 e. The lowest BCUT2D eigenvalue weighted by atomic mass is 9.96. The van der Waals surface area contributed by atoms with E-state index < -0.39 is 17.4 Å². The minimum Gasteiger partial charge on any atom is -0.435 e. The van der Waals surface area contributed by atoms with E-state index in [9.17, 15) is 14.4 Å². The summed E-state index contributed by atoms with van der Waals surface area (Å²) in [7, 11) is 0. The van der Waals surface area contributed by atoms with Crippen LogP contribution in [0.5, 0.6) is 0 Å². The SMILES string of the molecule is [C-]#[N+]c1c(CCCC2CC2)c2c(oc1=O)CC(=O)NC2=O. The van der Waals surface area contributed by atoms with Crippen molar-refractivity contribution in [2.45, 2.75) is 38.5 Å². The molecule has 0 atom stereocenters. The first-order chi connectivity index (χ1) is 10.1. The zero-order valence-corrected chi connectivity index (χ0v) is 11.4.